The van der Waals surface area contributed by atoms with Gasteiger partial charge in [-0.1, -0.05) is 48.5 Å². The Morgan fingerprint density at radius 2 is 1.79 bits per heavy atom. The Kier molecular flexibility index (Phi) is 7.40. The fourth-order valence-corrected chi connectivity index (χ4v) is 4.93. The second-order valence-electron chi connectivity index (χ2n) is 10.2. The topological polar surface area (TPSA) is 118 Å². The molecule has 4 N–H and O–H groups in total. The number of aromatic nitrogens is 1. The third-order valence-electron chi connectivity index (χ3n) is 6.97. The summed E-state index contributed by atoms with van der Waals surface area (Å²) in [5.74, 6) is -0.287. The summed E-state index contributed by atoms with van der Waals surface area (Å²) in [6.07, 6.45) is 1.05. The second-order valence-corrected chi connectivity index (χ2v) is 10.2. The summed E-state index contributed by atoms with van der Waals surface area (Å²) < 4.78 is 18.8. The van der Waals surface area contributed by atoms with Gasteiger partial charge in [-0.15, -0.1) is 0 Å². The number of aliphatic hydroxyl groups is 1. The van der Waals surface area contributed by atoms with Gasteiger partial charge in [0, 0.05) is 31.6 Å². The first-order valence-corrected chi connectivity index (χ1v) is 12.8. The molecule has 198 valence electrons. The highest BCUT2D eigenvalue weighted by atomic mass is 19.1. The van der Waals surface area contributed by atoms with Crippen molar-refractivity contribution in [2.45, 2.75) is 50.0 Å². The summed E-state index contributed by atoms with van der Waals surface area (Å²) in [6, 6.07) is 19.3. The summed E-state index contributed by atoms with van der Waals surface area (Å²) in [5.41, 5.74) is 8.68. The van der Waals surface area contributed by atoms with Crippen LogP contribution in [0.4, 0.5) is 9.18 Å². The van der Waals surface area contributed by atoms with Crippen LogP contribution in [-0.2, 0) is 17.8 Å². The van der Waals surface area contributed by atoms with Gasteiger partial charge in [-0.3, -0.25) is 4.79 Å². The molecule has 2 aliphatic rings. The number of nitrogens with zero attached hydrogens (tertiary/aromatic N) is 2. The molecule has 2 heterocycles. The first-order valence-electron chi connectivity index (χ1n) is 12.8. The lowest BCUT2D eigenvalue weighted by Crippen LogP contribution is -2.72. The fraction of sp³-hybridized carbons (Fsp3) is 0.345. The van der Waals surface area contributed by atoms with Crippen molar-refractivity contribution >= 4 is 12.0 Å². The maximum atomic E-state index is 13.4. The first-order chi connectivity index (χ1) is 18.3. The Morgan fingerprint density at radius 1 is 1.08 bits per heavy atom. The minimum atomic E-state index is -1.17. The Morgan fingerprint density at radius 3 is 2.45 bits per heavy atom. The van der Waals surface area contributed by atoms with E-state index in [0.29, 0.717) is 12.3 Å². The van der Waals surface area contributed by atoms with Crippen LogP contribution in [0.5, 0.6) is 0 Å². The molecule has 9 heteroatoms. The minimum absolute atomic E-state index is 0.0732. The number of carbonyl (C=O) groups excluding carboxylic acids is 2. The number of hydrogen-bond donors (Lipinski definition) is 3. The van der Waals surface area contributed by atoms with E-state index in [1.807, 2.05) is 36.4 Å². The Balaban J connectivity index is 1.26. The highest BCUT2D eigenvalue weighted by molar-refractivity contribution is 5.93. The number of halogens is 1. The van der Waals surface area contributed by atoms with E-state index in [9.17, 15) is 19.1 Å². The van der Waals surface area contributed by atoms with Gasteiger partial charge in [0.15, 0.2) is 0 Å². The number of rotatable bonds is 9. The Hall–Kier alpha value is -3.82. The van der Waals surface area contributed by atoms with E-state index in [2.05, 4.69) is 10.3 Å². The lowest BCUT2D eigenvalue weighted by Gasteiger charge is -2.50. The number of amides is 2. The van der Waals surface area contributed by atoms with Gasteiger partial charge in [0.2, 0.25) is 0 Å². The molecule has 0 radical (unpaired) electrons. The average molecular weight is 519 g/mol. The molecule has 1 aliphatic carbocycles. The summed E-state index contributed by atoms with van der Waals surface area (Å²) in [4.78, 5) is 32.0. The zero-order valence-corrected chi connectivity index (χ0v) is 21.0. The molecule has 1 saturated heterocycles. The third-order valence-corrected chi connectivity index (χ3v) is 6.97. The van der Waals surface area contributed by atoms with E-state index in [4.69, 9.17) is 10.5 Å². The van der Waals surface area contributed by atoms with Crippen LogP contribution in [0.15, 0.2) is 66.7 Å². The summed E-state index contributed by atoms with van der Waals surface area (Å²) in [6.45, 7) is 0.454. The number of nitrogens with one attached hydrogen (secondary N) is 1. The average Bonchev–Trinajstić information content (AvgIpc) is 3.72. The van der Waals surface area contributed by atoms with E-state index >= 15 is 0 Å². The van der Waals surface area contributed by atoms with Crippen molar-refractivity contribution < 1.29 is 23.8 Å². The molecule has 5 rings (SSSR count). The summed E-state index contributed by atoms with van der Waals surface area (Å²) in [5, 5.41) is 12.9. The molecule has 3 aromatic rings. The lowest BCUT2D eigenvalue weighted by molar-refractivity contribution is -0.00215. The molecule has 1 unspecified atom stereocenters. The maximum Gasteiger partial charge on any atom is 0.410 e. The van der Waals surface area contributed by atoms with Gasteiger partial charge in [-0.25, -0.2) is 14.2 Å². The third kappa shape index (κ3) is 6.17. The van der Waals surface area contributed by atoms with Gasteiger partial charge in [-0.2, -0.15) is 0 Å². The zero-order chi connectivity index (χ0) is 26.7. The number of pyridine rings is 1. The maximum absolute atomic E-state index is 13.4. The van der Waals surface area contributed by atoms with Gasteiger partial charge in [0.1, 0.15) is 24.3 Å². The van der Waals surface area contributed by atoms with Gasteiger partial charge in [-0.05, 0) is 53.6 Å². The van der Waals surface area contributed by atoms with Crippen molar-refractivity contribution in [3.63, 3.8) is 0 Å². The lowest BCUT2D eigenvalue weighted by atomic mass is 9.85. The number of benzene rings is 2. The van der Waals surface area contributed by atoms with Crippen LogP contribution in [0.2, 0.25) is 0 Å². The molecule has 8 nitrogen and oxygen atoms in total. The van der Waals surface area contributed by atoms with Gasteiger partial charge in [0.25, 0.3) is 5.91 Å². The van der Waals surface area contributed by atoms with Crippen LogP contribution >= 0.6 is 0 Å². The predicted octanol–water partition coefficient (Wildman–Crippen LogP) is 3.48. The zero-order valence-electron chi connectivity index (χ0n) is 21.0. The van der Waals surface area contributed by atoms with Gasteiger partial charge < -0.3 is 25.8 Å². The standard InChI is InChI=1S/C29H31FN4O4/c30-22-10-6-19(7-11-22)14-25-23(21-8-9-21)12-13-24(32-25)27(36)33-29(15-26(31)35)17-34(18-29)28(37)38-16-20-4-2-1-3-5-20/h1-7,10-13,21,26,35H,8-9,14-18,31H2,(H,33,36). The number of likely N-dealkylation sites (tertiary alicyclic amines) is 1. The van der Waals surface area contributed by atoms with E-state index in [-0.39, 0.29) is 37.6 Å². The van der Waals surface area contributed by atoms with Crippen molar-refractivity contribution in [1.82, 2.24) is 15.2 Å². The van der Waals surface area contributed by atoms with Crippen LogP contribution in [0.1, 0.15) is 58.1 Å². The molecular weight excluding hydrogens is 487 g/mol. The molecule has 1 aliphatic heterocycles. The quantitative estimate of drug-likeness (QED) is 0.374. The predicted molar refractivity (Wildman–Crippen MR) is 139 cm³/mol. The smallest absolute Gasteiger partial charge is 0.410 e. The number of hydrogen-bond acceptors (Lipinski definition) is 6. The normalized spacial score (nSPS) is 16.9. The monoisotopic (exact) mass is 518 g/mol. The summed E-state index contributed by atoms with van der Waals surface area (Å²) in [7, 11) is 0. The SMILES string of the molecule is NC(O)CC1(NC(=O)c2ccc(C3CC3)c(Cc3ccc(F)cc3)n2)CN(C(=O)OCc2ccccc2)C1. The molecule has 2 aromatic carbocycles. The molecule has 0 bridgehead atoms. The molecule has 1 aromatic heterocycles. The van der Waals surface area contributed by atoms with Crippen LogP contribution in [0.25, 0.3) is 0 Å². The fourth-order valence-electron chi connectivity index (χ4n) is 4.93. The van der Waals surface area contributed by atoms with Crippen molar-refractivity contribution in [3.05, 3.63) is 101 Å². The molecule has 2 amide bonds. The number of carbonyl (C=O) groups is 2. The Labute approximate surface area is 220 Å². The van der Waals surface area contributed by atoms with E-state index < -0.39 is 23.8 Å². The molecule has 1 atom stereocenters. The highest BCUT2D eigenvalue weighted by Gasteiger charge is 2.48. The molecule has 2 fully saturated rings. The van der Waals surface area contributed by atoms with Gasteiger partial charge >= 0.3 is 6.09 Å². The second kappa shape index (κ2) is 10.9. The molecular formula is C29H31FN4O4. The van der Waals surface area contributed by atoms with Crippen molar-refractivity contribution in [3.8, 4) is 0 Å². The first kappa shape index (κ1) is 25.8. The highest BCUT2D eigenvalue weighted by Crippen LogP contribution is 2.41. The van der Waals surface area contributed by atoms with Gasteiger partial charge in [0.05, 0.1) is 5.54 Å². The minimum Gasteiger partial charge on any atom is -0.445 e. The molecule has 38 heavy (non-hydrogen) atoms. The van der Waals surface area contributed by atoms with E-state index in [0.717, 1.165) is 35.2 Å². The molecule has 1 saturated carbocycles. The summed E-state index contributed by atoms with van der Waals surface area (Å²) >= 11 is 0. The van der Waals surface area contributed by atoms with Crippen LogP contribution in [-0.4, -0.2) is 51.8 Å². The van der Waals surface area contributed by atoms with Crippen LogP contribution < -0.4 is 11.1 Å². The van der Waals surface area contributed by atoms with Crippen LogP contribution in [0.3, 0.4) is 0 Å². The van der Waals surface area contributed by atoms with E-state index in [1.54, 1.807) is 18.2 Å². The largest absolute Gasteiger partial charge is 0.445 e. The van der Waals surface area contributed by atoms with Crippen molar-refractivity contribution in [1.29, 1.82) is 0 Å². The number of nitrogens with two attached hydrogens (primary N) is 1. The van der Waals surface area contributed by atoms with Crippen molar-refractivity contribution in [2.75, 3.05) is 13.1 Å². The molecule has 0 spiro atoms. The number of aliphatic hydroxyl groups excluding tert-OH is 1. The van der Waals surface area contributed by atoms with Crippen LogP contribution in [0, 0.1) is 5.82 Å². The van der Waals surface area contributed by atoms with E-state index in [1.165, 1.54) is 17.0 Å². The number of ether oxygens (including phenoxy) is 1. The Bertz CT molecular complexity index is 1290. The van der Waals surface area contributed by atoms with Crippen molar-refractivity contribution in [2.24, 2.45) is 5.73 Å².